The van der Waals surface area contributed by atoms with Crippen molar-refractivity contribution >= 4 is 23.1 Å². The fourth-order valence-corrected chi connectivity index (χ4v) is 2.62. The molecule has 0 saturated heterocycles. The number of anilines is 2. The molecule has 0 unspecified atom stereocenters. The van der Waals surface area contributed by atoms with Gasteiger partial charge in [0.25, 0.3) is 0 Å². The molecule has 0 aromatic carbocycles. The van der Waals surface area contributed by atoms with Crippen molar-refractivity contribution in [1.82, 2.24) is 19.9 Å². The Morgan fingerprint density at radius 3 is 2.67 bits per heavy atom. The predicted octanol–water partition coefficient (Wildman–Crippen LogP) is 4.62. The van der Waals surface area contributed by atoms with Crippen LogP contribution in [0.5, 0.6) is 0 Å². The van der Waals surface area contributed by atoms with Crippen LogP contribution in [0.25, 0.3) is 11.3 Å². The van der Waals surface area contributed by atoms with Gasteiger partial charge in [-0.05, 0) is 19.1 Å². The molecule has 0 aliphatic carbocycles. The Kier molecular flexibility index (Phi) is 4.97. The summed E-state index contributed by atoms with van der Waals surface area (Å²) < 4.78 is 27.2. The van der Waals surface area contributed by atoms with Gasteiger partial charge in [0, 0.05) is 42.8 Å². The Labute approximate surface area is 158 Å². The van der Waals surface area contributed by atoms with Crippen molar-refractivity contribution in [3.8, 4) is 17.3 Å². The number of nitriles is 1. The fourth-order valence-electron chi connectivity index (χ4n) is 2.36. The number of aromatic nitrogens is 4. The molecule has 0 bridgehead atoms. The molecule has 0 fully saturated rings. The summed E-state index contributed by atoms with van der Waals surface area (Å²) in [7, 11) is 0. The molecule has 136 valence electrons. The number of halogens is 3. The van der Waals surface area contributed by atoms with Crippen molar-refractivity contribution in [2.45, 2.75) is 19.8 Å². The molecule has 0 spiro atoms. The molecule has 0 amide bonds. The lowest BCUT2D eigenvalue weighted by Crippen LogP contribution is -2.14. The van der Waals surface area contributed by atoms with E-state index in [1.807, 2.05) is 6.07 Å². The molecule has 0 radical (unpaired) electrons. The van der Waals surface area contributed by atoms with E-state index >= 15 is 0 Å². The number of alkyl halides is 2. The largest absolute Gasteiger partial charge is 0.339 e. The summed E-state index contributed by atoms with van der Waals surface area (Å²) in [5.74, 6) is -3.53. The maximum absolute atomic E-state index is 13.6. The van der Waals surface area contributed by atoms with Gasteiger partial charge in [0.2, 0.25) is 5.82 Å². The molecule has 3 aromatic rings. The summed E-state index contributed by atoms with van der Waals surface area (Å²) in [4.78, 5) is 16.0. The van der Waals surface area contributed by atoms with E-state index in [4.69, 9.17) is 16.9 Å². The first-order valence-corrected chi connectivity index (χ1v) is 8.17. The van der Waals surface area contributed by atoms with E-state index in [9.17, 15) is 8.78 Å². The molecule has 0 atom stereocenters. The van der Waals surface area contributed by atoms with Crippen molar-refractivity contribution in [2.75, 3.05) is 5.32 Å². The minimum atomic E-state index is -3.17. The number of rotatable bonds is 4. The standard InChI is InChI=1S/C18H13ClF2N6/c1-10-5-15(27-17(25-10)18(2,20)21)26-14-3-4-23-9-12(14)16-13(19)6-11(7-22)8-24-16/h3-6,8-9H,1-2H3,(H,23,25,26,27). The van der Waals surface area contributed by atoms with E-state index < -0.39 is 11.7 Å². The van der Waals surface area contributed by atoms with Crippen molar-refractivity contribution in [2.24, 2.45) is 0 Å². The average Bonchev–Trinajstić information content (AvgIpc) is 2.61. The van der Waals surface area contributed by atoms with E-state index in [1.165, 1.54) is 24.7 Å². The summed E-state index contributed by atoms with van der Waals surface area (Å²) in [6, 6.07) is 6.65. The van der Waals surface area contributed by atoms with E-state index in [0.29, 0.717) is 28.2 Å². The van der Waals surface area contributed by atoms with Crippen LogP contribution in [0.2, 0.25) is 5.02 Å². The van der Waals surface area contributed by atoms with Crippen molar-refractivity contribution < 1.29 is 8.78 Å². The monoisotopic (exact) mass is 386 g/mol. The molecule has 1 N–H and O–H groups in total. The van der Waals surface area contributed by atoms with Gasteiger partial charge in [-0.25, -0.2) is 9.97 Å². The summed E-state index contributed by atoms with van der Waals surface area (Å²) >= 11 is 6.23. The Hall–Kier alpha value is -3.18. The Balaban J connectivity index is 2.04. The van der Waals surface area contributed by atoms with Gasteiger partial charge in [0.05, 0.1) is 22.0 Å². The summed E-state index contributed by atoms with van der Waals surface area (Å²) in [6.45, 7) is 2.35. The van der Waals surface area contributed by atoms with E-state index in [0.717, 1.165) is 6.92 Å². The molecule has 3 aromatic heterocycles. The summed E-state index contributed by atoms with van der Waals surface area (Å²) in [5, 5.41) is 12.2. The lowest BCUT2D eigenvalue weighted by atomic mass is 10.1. The quantitative estimate of drug-likeness (QED) is 0.703. The maximum atomic E-state index is 13.6. The van der Waals surface area contributed by atoms with E-state index in [2.05, 4.69) is 25.3 Å². The van der Waals surface area contributed by atoms with Gasteiger partial charge in [-0.15, -0.1) is 0 Å². The minimum Gasteiger partial charge on any atom is -0.339 e. The maximum Gasteiger partial charge on any atom is 0.303 e. The Bertz CT molecular complexity index is 1040. The zero-order chi connectivity index (χ0) is 19.6. The molecule has 6 nitrogen and oxygen atoms in total. The topological polar surface area (TPSA) is 87.4 Å². The van der Waals surface area contributed by atoms with Crippen LogP contribution < -0.4 is 5.32 Å². The smallest absolute Gasteiger partial charge is 0.303 e. The van der Waals surface area contributed by atoms with Crippen LogP contribution in [-0.2, 0) is 5.92 Å². The van der Waals surface area contributed by atoms with Gasteiger partial charge < -0.3 is 5.32 Å². The first-order valence-electron chi connectivity index (χ1n) is 7.79. The number of aryl methyl sites for hydroxylation is 1. The zero-order valence-corrected chi connectivity index (χ0v) is 15.1. The van der Waals surface area contributed by atoms with Gasteiger partial charge in [0.15, 0.2) is 0 Å². The van der Waals surface area contributed by atoms with Gasteiger partial charge in [0.1, 0.15) is 11.9 Å². The molecule has 0 aliphatic heterocycles. The third-order valence-corrected chi connectivity index (χ3v) is 3.84. The van der Waals surface area contributed by atoms with Crippen LogP contribution in [0.15, 0.2) is 36.8 Å². The van der Waals surface area contributed by atoms with Crippen LogP contribution >= 0.6 is 11.6 Å². The first-order chi connectivity index (χ1) is 12.8. The van der Waals surface area contributed by atoms with Crippen molar-refractivity contribution in [3.63, 3.8) is 0 Å². The minimum absolute atomic E-state index is 0.205. The third kappa shape index (κ3) is 4.15. The molecular weight excluding hydrogens is 374 g/mol. The summed E-state index contributed by atoms with van der Waals surface area (Å²) in [5.41, 5.74) is 2.18. The number of hydrogen-bond donors (Lipinski definition) is 1. The highest BCUT2D eigenvalue weighted by Gasteiger charge is 2.29. The highest BCUT2D eigenvalue weighted by Crippen LogP contribution is 2.33. The fraction of sp³-hybridized carbons (Fsp3) is 0.167. The zero-order valence-electron chi connectivity index (χ0n) is 14.3. The van der Waals surface area contributed by atoms with Crippen molar-refractivity contribution in [3.05, 3.63) is 58.9 Å². The number of nitrogens with one attached hydrogen (secondary N) is 1. The number of nitrogens with zero attached hydrogens (tertiary/aromatic N) is 5. The lowest BCUT2D eigenvalue weighted by molar-refractivity contribution is 0.00766. The predicted molar refractivity (Wildman–Crippen MR) is 96.8 cm³/mol. The van der Waals surface area contributed by atoms with Crippen LogP contribution in [0.4, 0.5) is 20.3 Å². The summed E-state index contributed by atoms with van der Waals surface area (Å²) in [6.07, 6.45) is 4.46. The second-order valence-electron chi connectivity index (χ2n) is 5.82. The second-order valence-corrected chi connectivity index (χ2v) is 6.23. The van der Waals surface area contributed by atoms with Crippen LogP contribution in [0, 0.1) is 18.3 Å². The molecule has 9 heteroatoms. The molecule has 3 heterocycles. The normalized spacial score (nSPS) is 11.1. The molecule has 0 aliphatic rings. The van der Waals surface area contributed by atoms with E-state index in [-0.39, 0.29) is 10.8 Å². The number of pyridine rings is 2. The van der Waals surface area contributed by atoms with Crippen LogP contribution in [-0.4, -0.2) is 19.9 Å². The lowest BCUT2D eigenvalue weighted by Gasteiger charge is -2.14. The highest BCUT2D eigenvalue weighted by molar-refractivity contribution is 6.33. The van der Waals surface area contributed by atoms with Gasteiger partial charge in [-0.3, -0.25) is 9.97 Å². The van der Waals surface area contributed by atoms with Crippen LogP contribution in [0.1, 0.15) is 24.0 Å². The second kappa shape index (κ2) is 7.21. The van der Waals surface area contributed by atoms with Crippen LogP contribution in [0.3, 0.4) is 0 Å². The van der Waals surface area contributed by atoms with Crippen molar-refractivity contribution in [1.29, 1.82) is 5.26 Å². The third-order valence-electron chi connectivity index (χ3n) is 3.56. The van der Waals surface area contributed by atoms with Gasteiger partial charge >= 0.3 is 5.92 Å². The average molecular weight is 387 g/mol. The molecule has 27 heavy (non-hydrogen) atoms. The Morgan fingerprint density at radius 2 is 2.00 bits per heavy atom. The Morgan fingerprint density at radius 1 is 1.22 bits per heavy atom. The first kappa shape index (κ1) is 18.6. The molecule has 3 rings (SSSR count). The number of hydrogen-bond acceptors (Lipinski definition) is 6. The van der Waals surface area contributed by atoms with E-state index in [1.54, 1.807) is 19.1 Å². The SMILES string of the molecule is Cc1cc(Nc2ccncc2-c2ncc(C#N)cc2Cl)nc(C(C)(F)F)n1. The van der Waals surface area contributed by atoms with Gasteiger partial charge in [-0.2, -0.15) is 14.0 Å². The molecular formula is C18H13ClF2N6. The van der Waals surface area contributed by atoms with Gasteiger partial charge in [-0.1, -0.05) is 11.6 Å². The molecule has 0 saturated carbocycles. The highest BCUT2D eigenvalue weighted by atomic mass is 35.5.